The van der Waals surface area contributed by atoms with Crippen LogP contribution in [0.3, 0.4) is 0 Å². The van der Waals surface area contributed by atoms with Crippen LogP contribution in [0.25, 0.3) is 0 Å². The molecule has 1 heterocycles. The van der Waals surface area contributed by atoms with Crippen molar-refractivity contribution in [1.82, 2.24) is 5.32 Å². The molecular weight excluding hydrogens is 296 g/mol. The molecule has 0 aromatic heterocycles. The molecule has 1 aliphatic heterocycles. The number of carbonyl (C=O) groups excluding carboxylic acids is 2. The summed E-state index contributed by atoms with van der Waals surface area (Å²) in [5, 5.41) is 12.0. The predicted molar refractivity (Wildman–Crippen MR) is 87.5 cm³/mol. The van der Waals surface area contributed by atoms with Gasteiger partial charge in [-0.2, -0.15) is 0 Å². The van der Waals surface area contributed by atoms with E-state index in [1.54, 1.807) is 25.9 Å². The van der Waals surface area contributed by atoms with Crippen LogP contribution in [0.15, 0.2) is 18.2 Å². The van der Waals surface area contributed by atoms with Gasteiger partial charge in [-0.3, -0.25) is 9.59 Å². The van der Waals surface area contributed by atoms with E-state index in [0.29, 0.717) is 18.0 Å². The first-order valence-electron chi connectivity index (χ1n) is 7.65. The highest BCUT2D eigenvalue weighted by molar-refractivity contribution is 6.01. The molecule has 0 bridgehead atoms. The van der Waals surface area contributed by atoms with Crippen LogP contribution in [-0.4, -0.2) is 42.7 Å². The number of hydrogen-bond donors (Lipinski definition) is 2. The monoisotopic (exact) mass is 320 g/mol. The number of aliphatic hydroxyl groups is 1. The number of rotatable bonds is 5. The Kier molecular flexibility index (Phi) is 4.94. The van der Waals surface area contributed by atoms with E-state index < -0.39 is 11.5 Å². The minimum absolute atomic E-state index is 0.101. The molecule has 0 aliphatic carbocycles. The van der Waals surface area contributed by atoms with Crippen LogP contribution in [0.4, 0.5) is 5.69 Å². The molecule has 23 heavy (non-hydrogen) atoms. The predicted octanol–water partition coefficient (Wildman–Crippen LogP) is 1.24. The van der Waals surface area contributed by atoms with Gasteiger partial charge in [-0.05, 0) is 38.5 Å². The van der Waals surface area contributed by atoms with E-state index in [9.17, 15) is 14.7 Å². The summed E-state index contributed by atoms with van der Waals surface area (Å²) >= 11 is 0. The zero-order valence-corrected chi connectivity index (χ0v) is 14.0. The number of anilines is 1. The number of nitrogens with one attached hydrogen (secondary N) is 1. The second-order valence-electron chi connectivity index (χ2n) is 6.61. The molecule has 6 heteroatoms. The first-order chi connectivity index (χ1) is 10.8. The van der Waals surface area contributed by atoms with Crippen molar-refractivity contribution in [2.45, 2.75) is 32.7 Å². The molecule has 1 unspecified atom stereocenters. The summed E-state index contributed by atoms with van der Waals surface area (Å²) in [5.41, 5.74) is 1.01. The van der Waals surface area contributed by atoms with E-state index in [1.807, 2.05) is 25.1 Å². The molecule has 1 fully saturated rings. The second-order valence-corrected chi connectivity index (χ2v) is 6.61. The first-order valence-corrected chi connectivity index (χ1v) is 7.65. The molecule has 0 spiro atoms. The second kappa shape index (κ2) is 6.58. The Morgan fingerprint density at radius 3 is 2.78 bits per heavy atom. The molecule has 6 nitrogen and oxygen atoms in total. The molecule has 2 rings (SSSR count). The number of aliphatic hydroxyl groups excluding tert-OH is 1. The highest BCUT2D eigenvalue weighted by Crippen LogP contribution is 2.34. The van der Waals surface area contributed by atoms with Gasteiger partial charge >= 0.3 is 0 Å². The first kappa shape index (κ1) is 17.3. The molecule has 2 N–H and O–H groups in total. The molecule has 1 saturated heterocycles. The Bertz CT molecular complexity index is 613. The van der Waals surface area contributed by atoms with Gasteiger partial charge in [-0.1, -0.05) is 6.07 Å². The topological polar surface area (TPSA) is 78.9 Å². The van der Waals surface area contributed by atoms with Gasteiger partial charge < -0.3 is 20.1 Å². The van der Waals surface area contributed by atoms with Crippen molar-refractivity contribution in [3.8, 4) is 5.75 Å². The fourth-order valence-electron chi connectivity index (χ4n) is 2.60. The maximum atomic E-state index is 12.3. The van der Waals surface area contributed by atoms with Gasteiger partial charge in [0.05, 0.1) is 30.9 Å². The third-order valence-electron chi connectivity index (χ3n) is 3.98. The minimum Gasteiger partial charge on any atom is -0.495 e. The summed E-state index contributed by atoms with van der Waals surface area (Å²) in [6.07, 6.45) is 0.157. The lowest BCUT2D eigenvalue weighted by Gasteiger charge is -2.25. The largest absolute Gasteiger partial charge is 0.495 e. The molecular formula is C17H24N2O4. The summed E-state index contributed by atoms with van der Waals surface area (Å²) < 4.78 is 5.33. The van der Waals surface area contributed by atoms with Crippen molar-refractivity contribution in [3.63, 3.8) is 0 Å². The SMILES string of the molecule is COc1ccc(C)cc1N1CC(C(=O)NC(C)(C)CO)CC1=O. The maximum absolute atomic E-state index is 12.3. The fourth-order valence-corrected chi connectivity index (χ4v) is 2.60. The lowest BCUT2D eigenvalue weighted by Crippen LogP contribution is -2.49. The van der Waals surface area contributed by atoms with Crippen molar-refractivity contribution in [1.29, 1.82) is 0 Å². The average Bonchev–Trinajstić information content (AvgIpc) is 2.89. The summed E-state index contributed by atoms with van der Waals surface area (Å²) in [6.45, 7) is 5.57. The number of methoxy groups -OCH3 is 1. The van der Waals surface area contributed by atoms with Gasteiger partial charge in [0.1, 0.15) is 5.75 Å². The average molecular weight is 320 g/mol. The normalized spacial score (nSPS) is 18.2. The Balaban J connectivity index is 2.17. The van der Waals surface area contributed by atoms with Crippen molar-refractivity contribution >= 4 is 17.5 Å². The van der Waals surface area contributed by atoms with Gasteiger partial charge in [-0.15, -0.1) is 0 Å². The van der Waals surface area contributed by atoms with E-state index in [0.717, 1.165) is 5.56 Å². The van der Waals surface area contributed by atoms with Gasteiger partial charge in [0.25, 0.3) is 0 Å². The van der Waals surface area contributed by atoms with Gasteiger partial charge in [0.15, 0.2) is 0 Å². The van der Waals surface area contributed by atoms with Gasteiger partial charge in [-0.25, -0.2) is 0 Å². The molecule has 1 atom stereocenters. The molecule has 1 aromatic carbocycles. The molecule has 126 valence electrons. The molecule has 2 amide bonds. The number of ether oxygens (including phenoxy) is 1. The Morgan fingerprint density at radius 2 is 2.17 bits per heavy atom. The van der Waals surface area contributed by atoms with Crippen molar-refractivity contribution in [3.05, 3.63) is 23.8 Å². The van der Waals surface area contributed by atoms with Gasteiger partial charge in [0.2, 0.25) is 11.8 Å². The number of carbonyl (C=O) groups is 2. The highest BCUT2D eigenvalue weighted by Gasteiger charge is 2.37. The van der Waals surface area contributed by atoms with E-state index >= 15 is 0 Å². The summed E-state index contributed by atoms with van der Waals surface area (Å²) in [5.74, 6) is -0.137. The van der Waals surface area contributed by atoms with Crippen LogP contribution < -0.4 is 15.0 Å². The lowest BCUT2D eigenvalue weighted by atomic mass is 10.0. The zero-order chi connectivity index (χ0) is 17.2. The summed E-state index contributed by atoms with van der Waals surface area (Å²) in [7, 11) is 1.56. The van der Waals surface area contributed by atoms with E-state index in [2.05, 4.69) is 5.32 Å². The van der Waals surface area contributed by atoms with E-state index in [-0.39, 0.29) is 24.8 Å². The number of nitrogens with zero attached hydrogens (tertiary/aromatic N) is 1. The van der Waals surface area contributed by atoms with Crippen LogP contribution in [0, 0.1) is 12.8 Å². The van der Waals surface area contributed by atoms with Crippen LogP contribution in [0.5, 0.6) is 5.75 Å². The Morgan fingerprint density at radius 1 is 1.48 bits per heavy atom. The third kappa shape index (κ3) is 3.82. The number of amides is 2. The lowest BCUT2D eigenvalue weighted by molar-refractivity contribution is -0.128. The van der Waals surface area contributed by atoms with Crippen LogP contribution in [0.1, 0.15) is 25.8 Å². The Hall–Kier alpha value is -2.08. The van der Waals surface area contributed by atoms with E-state index in [1.165, 1.54) is 0 Å². The number of hydrogen-bond acceptors (Lipinski definition) is 4. The van der Waals surface area contributed by atoms with Crippen molar-refractivity contribution in [2.24, 2.45) is 5.92 Å². The molecule has 0 saturated carbocycles. The summed E-state index contributed by atoms with van der Waals surface area (Å²) in [4.78, 5) is 26.3. The highest BCUT2D eigenvalue weighted by atomic mass is 16.5. The maximum Gasteiger partial charge on any atom is 0.227 e. The Labute approximate surface area is 136 Å². The van der Waals surface area contributed by atoms with Crippen molar-refractivity contribution < 1.29 is 19.4 Å². The van der Waals surface area contributed by atoms with Crippen LogP contribution in [-0.2, 0) is 9.59 Å². The molecule has 0 radical (unpaired) electrons. The number of aryl methyl sites for hydroxylation is 1. The zero-order valence-electron chi connectivity index (χ0n) is 14.0. The van der Waals surface area contributed by atoms with Crippen LogP contribution in [0.2, 0.25) is 0 Å². The molecule has 1 aliphatic rings. The smallest absolute Gasteiger partial charge is 0.227 e. The van der Waals surface area contributed by atoms with Crippen molar-refractivity contribution in [2.75, 3.05) is 25.2 Å². The molecule has 1 aromatic rings. The number of benzene rings is 1. The van der Waals surface area contributed by atoms with Gasteiger partial charge in [0, 0.05) is 13.0 Å². The standard InChI is InChI=1S/C17H24N2O4/c1-11-5-6-14(23-4)13(7-11)19-9-12(8-15(19)21)16(22)18-17(2,3)10-20/h5-7,12,20H,8-10H2,1-4H3,(H,18,22). The third-order valence-corrected chi connectivity index (χ3v) is 3.98. The quantitative estimate of drug-likeness (QED) is 0.856. The van der Waals surface area contributed by atoms with Crippen LogP contribution >= 0.6 is 0 Å². The summed E-state index contributed by atoms with van der Waals surface area (Å²) in [6, 6.07) is 5.62. The minimum atomic E-state index is -0.700. The fraction of sp³-hybridized carbons (Fsp3) is 0.529. The van der Waals surface area contributed by atoms with E-state index in [4.69, 9.17) is 4.74 Å².